The maximum absolute atomic E-state index is 6.06. The number of hydrogen-bond acceptors (Lipinski definition) is 2. The highest BCUT2D eigenvalue weighted by Gasteiger charge is 2.18. The molecule has 0 saturated carbocycles. The predicted molar refractivity (Wildman–Crippen MR) is 57.2 cm³/mol. The summed E-state index contributed by atoms with van der Waals surface area (Å²) >= 11 is 7.89. The van der Waals surface area contributed by atoms with Gasteiger partial charge in [0.2, 0.25) is 0 Å². The van der Waals surface area contributed by atoms with Crippen molar-refractivity contribution in [3.8, 4) is 0 Å². The molecule has 0 spiro atoms. The van der Waals surface area contributed by atoms with Gasteiger partial charge in [0.25, 0.3) is 0 Å². The van der Waals surface area contributed by atoms with Gasteiger partial charge in [-0.2, -0.15) is 0 Å². The van der Waals surface area contributed by atoms with Gasteiger partial charge in [-0.15, -0.1) is 11.8 Å². The number of halogens is 1. The van der Waals surface area contributed by atoms with Crippen molar-refractivity contribution in [2.24, 2.45) is 0 Å². The molecule has 3 heteroatoms. The molecule has 1 heterocycles. The Morgan fingerprint density at radius 2 is 2.23 bits per heavy atom. The molecule has 1 aromatic rings. The smallest absolute Gasteiger partial charge is 0.129 e. The summed E-state index contributed by atoms with van der Waals surface area (Å²) in [7, 11) is 0. The van der Waals surface area contributed by atoms with Crippen molar-refractivity contribution in [2.75, 3.05) is 12.4 Å². The van der Waals surface area contributed by atoms with Crippen molar-refractivity contribution in [2.45, 2.75) is 11.9 Å². The van der Waals surface area contributed by atoms with E-state index in [1.807, 2.05) is 36.0 Å². The van der Waals surface area contributed by atoms with Gasteiger partial charge in [0.05, 0.1) is 0 Å². The minimum atomic E-state index is 0.141. The first-order valence-corrected chi connectivity index (χ1v) is 5.78. The van der Waals surface area contributed by atoms with Crippen molar-refractivity contribution in [1.29, 1.82) is 0 Å². The summed E-state index contributed by atoms with van der Waals surface area (Å²) in [4.78, 5) is 0. The minimum absolute atomic E-state index is 0.141. The summed E-state index contributed by atoms with van der Waals surface area (Å²) in [5.41, 5.74) is 1.25. The summed E-state index contributed by atoms with van der Waals surface area (Å²) in [6.07, 6.45) is 1.14. The molecular formula is C10H11ClOS. The first-order valence-electron chi connectivity index (χ1n) is 4.35. The third-order valence-corrected chi connectivity index (χ3v) is 3.55. The van der Waals surface area contributed by atoms with Crippen LogP contribution in [0.25, 0.3) is 0 Å². The predicted octanol–water partition coefficient (Wildman–Crippen LogP) is 3.49. The van der Waals surface area contributed by atoms with E-state index in [-0.39, 0.29) is 5.44 Å². The van der Waals surface area contributed by atoms with Gasteiger partial charge < -0.3 is 4.74 Å². The quantitative estimate of drug-likeness (QED) is 0.708. The Balaban J connectivity index is 2.18. The van der Waals surface area contributed by atoms with Crippen molar-refractivity contribution in [3.63, 3.8) is 0 Å². The largest absolute Gasteiger partial charge is 0.363 e. The molecule has 0 bridgehead atoms. The molecule has 0 radical (unpaired) electrons. The van der Waals surface area contributed by atoms with Crippen LogP contribution in [0.15, 0.2) is 24.3 Å². The van der Waals surface area contributed by atoms with E-state index in [1.165, 1.54) is 0 Å². The van der Waals surface area contributed by atoms with Crippen LogP contribution >= 0.6 is 23.4 Å². The van der Waals surface area contributed by atoms with Crippen molar-refractivity contribution < 1.29 is 4.74 Å². The molecule has 70 valence electrons. The second-order valence-corrected chi connectivity index (χ2v) is 4.53. The van der Waals surface area contributed by atoms with Crippen LogP contribution in [0.3, 0.4) is 0 Å². The van der Waals surface area contributed by atoms with Crippen LogP contribution in [-0.2, 0) is 4.74 Å². The SMILES string of the molecule is Clc1ccccc1C1OCCCS1. The van der Waals surface area contributed by atoms with E-state index >= 15 is 0 Å². The van der Waals surface area contributed by atoms with Crippen molar-refractivity contribution in [1.82, 2.24) is 0 Å². The van der Waals surface area contributed by atoms with Crippen LogP contribution in [0, 0.1) is 0 Å². The second kappa shape index (κ2) is 4.36. The van der Waals surface area contributed by atoms with Gasteiger partial charge >= 0.3 is 0 Å². The lowest BCUT2D eigenvalue weighted by atomic mass is 10.2. The van der Waals surface area contributed by atoms with Gasteiger partial charge in [0, 0.05) is 17.2 Å². The molecule has 1 saturated heterocycles. The Bertz CT molecular complexity index is 284. The molecule has 0 aromatic heterocycles. The zero-order valence-corrected chi connectivity index (χ0v) is 8.77. The zero-order chi connectivity index (χ0) is 9.10. The zero-order valence-electron chi connectivity index (χ0n) is 7.20. The highest BCUT2D eigenvalue weighted by Crippen LogP contribution is 2.37. The van der Waals surface area contributed by atoms with Crippen molar-refractivity contribution in [3.05, 3.63) is 34.9 Å². The summed E-state index contributed by atoms with van der Waals surface area (Å²) in [6, 6.07) is 7.89. The molecule has 13 heavy (non-hydrogen) atoms. The van der Waals surface area contributed by atoms with E-state index in [9.17, 15) is 0 Å². The van der Waals surface area contributed by atoms with Crippen LogP contribution in [0.4, 0.5) is 0 Å². The minimum Gasteiger partial charge on any atom is -0.363 e. The number of ether oxygens (including phenoxy) is 1. The fourth-order valence-electron chi connectivity index (χ4n) is 1.33. The van der Waals surface area contributed by atoms with Crippen LogP contribution in [0.1, 0.15) is 17.4 Å². The molecule has 2 rings (SSSR count). The normalized spacial score (nSPS) is 23.0. The van der Waals surface area contributed by atoms with Gasteiger partial charge in [-0.3, -0.25) is 0 Å². The van der Waals surface area contributed by atoms with E-state index in [0.29, 0.717) is 0 Å². The standard InChI is InChI=1S/C10H11ClOS/c11-9-5-2-1-4-8(9)10-12-6-3-7-13-10/h1-2,4-5,10H,3,6-7H2. The summed E-state index contributed by atoms with van der Waals surface area (Å²) in [6.45, 7) is 0.850. The van der Waals surface area contributed by atoms with Crippen LogP contribution < -0.4 is 0 Å². The monoisotopic (exact) mass is 214 g/mol. The first-order chi connectivity index (χ1) is 6.38. The molecule has 1 aliphatic heterocycles. The number of rotatable bonds is 1. The fourth-order valence-corrected chi connectivity index (χ4v) is 2.71. The Hall–Kier alpha value is -0.180. The fraction of sp³-hybridized carbons (Fsp3) is 0.400. The third kappa shape index (κ3) is 2.19. The van der Waals surface area contributed by atoms with Crippen molar-refractivity contribution >= 4 is 23.4 Å². The highest BCUT2D eigenvalue weighted by molar-refractivity contribution is 7.99. The van der Waals surface area contributed by atoms with Gasteiger partial charge in [-0.05, 0) is 18.2 Å². The molecule has 0 amide bonds. The number of thioether (sulfide) groups is 1. The topological polar surface area (TPSA) is 9.23 Å². The van der Waals surface area contributed by atoms with E-state index < -0.39 is 0 Å². The van der Waals surface area contributed by atoms with Gasteiger partial charge in [0.15, 0.2) is 0 Å². The van der Waals surface area contributed by atoms with Gasteiger partial charge in [0.1, 0.15) is 5.44 Å². The Morgan fingerprint density at radius 3 is 2.92 bits per heavy atom. The van der Waals surface area contributed by atoms with Gasteiger partial charge in [-0.25, -0.2) is 0 Å². The van der Waals surface area contributed by atoms with E-state index in [2.05, 4.69) is 0 Å². The first kappa shape index (κ1) is 9.38. The molecule has 1 aliphatic rings. The summed E-state index contributed by atoms with van der Waals surface area (Å²) in [5, 5.41) is 0.807. The second-order valence-electron chi connectivity index (χ2n) is 2.95. The molecule has 1 aromatic carbocycles. The molecule has 1 unspecified atom stereocenters. The average molecular weight is 215 g/mol. The number of benzene rings is 1. The molecule has 0 N–H and O–H groups in total. The van der Waals surface area contributed by atoms with Gasteiger partial charge in [-0.1, -0.05) is 29.8 Å². The maximum atomic E-state index is 6.06. The van der Waals surface area contributed by atoms with Crippen LogP contribution in [0.2, 0.25) is 5.02 Å². The van der Waals surface area contributed by atoms with Crippen LogP contribution in [0.5, 0.6) is 0 Å². The van der Waals surface area contributed by atoms with E-state index in [0.717, 1.165) is 29.4 Å². The molecule has 1 atom stereocenters. The number of hydrogen-bond donors (Lipinski definition) is 0. The summed E-state index contributed by atoms with van der Waals surface area (Å²) < 4.78 is 5.62. The van der Waals surface area contributed by atoms with E-state index in [1.54, 1.807) is 0 Å². The van der Waals surface area contributed by atoms with Crippen LogP contribution in [-0.4, -0.2) is 12.4 Å². The molecule has 1 nitrogen and oxygen atoms in total. The Kier molecular flexibility index (Phi) is 3.14. The maximum Gasteiger partial charge on any atom is 0.129 e. The molecular weight excluding hydrogens is 204 g/mol. The molecule has 0 aliphatic carbocycles. The third-order valence-electron chi connectivity index (χ3n) is 1.99. The molecule has 1 fully saturated rings. The Morgan fingerprint density at radius 1 is 1.38 bits per heavy atom. The lowest BCUT2D eigenvalue weighted by Crippen LogP contribution is -2.09. The highest BCUT2D eigenvalue weighted by atomic mass is 35.5. The Labute approximate surface area is 87.4 Å². The summed E-state index contributed by atoms with van der Waals surface area (Å²) in [5.74, 6) is 1.16. The lowest BCUT2D eigenvalue weighted by molar-refractivity contribution is 0.106. The lowest BCUT2D eigenvalue weighted by Gasteiger charge is -2.23. The average Bonchev–Trinajstić information content (AvgIpc) is 2.20. The van der Waals surface area contributed by atoms with E-state index in [4.69, 9.17) is 16.3 Å².